The van der Waals surface area contributed by atoms with E-state index in [1.54, 1.807) is 12.3 Å². The predicted octanol–water partition coefficient (Wildman–Crippen LogP) is 0.822. The van der Waals surface area contributed by atoms with Gasteiger partial charge in [-0.05, 0) is 19.1 Å². The van der Waals surface area contributed by atoms with Gasteiger partial charge in [-0.2, -0.15) is 0 Å². The van der Waals surface area contributed by atoms with Crippen LogP contribution in [0, 0.1) is 5.41 Å². The number of nitrogens with zero attached hydrogens (tertiary/aromatic N) is 2. The molecule has 0 aliphatic heterocycles. The van der Waals surface area contributed by atoms with Crippen molar-refractivity contribution in [3.05, 3.63) is 24.0 Å². The van der Waals surface area contributed by atoms with Crippen molar-refractivity contribution in [2.45, 2.75) is 6.92 Å². The molecular weight excluding hydrogens is 164 g/mol. The summed E-state index contributed by atoms with van der Waals surface area (Å²) in [5.41, 5.74) is 6.84. The molecule has 3 N–H and O–H groups in total. The van der Waals surface area contributed by atoms with E-state index in [0.717, 1.165) is 12.2 Å². The van der Waals surface area contributed by atoms with Crippen molar-refractivity contribution in [1.29, 1.82) is 5.41 Å². The van der Waals surface area contributed by atoms with Crippen molar-refractivity contribution in [1.82, 2.24) is 4.98 Å². The molecular formula is C9H14N4. The summed E-state index contributed by atoms with van der Waals surface area (Å²) < 4.78 is 0. The van der Waals surface area contributed by atoms with Crippen LogP contribution in [0.1, 0.15) is 12.6 Å². The fourth-order valence-electron chi connectivity index (χ4n) is 0.954. The molecule has 1 aromatic heterocycles. The first kappa shape index (κ1) is 9.51. The number of nitrogens with one attached hydrogen (secondary N) is 1. The lowest BCUT2D eigenvalue weighted by Gasteiger charge is -2.15. The van der Waals surface area contributed by atoms with Gasteiger partial charge >= 0.3 is 0 Å². The highest BCUT2D eigenvalue weighted by atomic mass is 15.1. The molecule has 1 heterocycles. The zero-order valence-corrected chi connectivity index (χ0v) is 7.91. The Balaban J connectivity index is 2.87. The van der Waals surface area contributed by atoms with Crippen molar-refractivity contribution in [2.24, 2.45) is 5.73 Å². The van der Waals surface area contributed by atoms with Gasteiger partial charge in [-0.3, -0.25) is 10.4 Å². The maximum atomic E-state index is 7.16. The Hall–Kier alpha value is -1.58. The van der Waals surface area contributed by atoms with Gasteiger partial charge in [0.2, 0.25) is 0 Å². The summed E-state index contributed by atoms with van der Waals surface area (Å²) >= 11 is 0. The van der Waals surface area contributed by atoms with Crippen molar-refractivity contribution in [3.63, 3.8) is 0 Å². The van der Waals surface area contributed by atoms with Crippen LogP contribution in [0.15, 0.2) is 18.3 Å². The average molecular weight is 178 g/mol. The highest BCUT2D eigenvalue weighted by Gasteiger charge is 2.00. The number of hydrogen-bond acceptors (Lipinski definition) is 3. The monoisotopic (exact) mass is 178 g/mol. The number of anilines is 1. The Labute approximate surface area is 77.9 Å². The van der Waals surface area contributed by atoms with Crippen LogP contribution in [0.4, 0.5) is 5.69 Å². The van der Waals surface area contributed by atoms with Gasteiger partial charge in [-0.1, -0.05) is 0 Å². The molecule has 0 saturated carbocycles. The normalized spacial score (nSPS) is 9.69. The van der Waals surface area contributed by atoms with Gasteiger partial charge in [0.05, 0.1) is 11.9 Å². The van der Waals surface area contributed by atoms with Gasteiger partial charge in [0.15, 0.2) is 0 Å². The third-order valence-electron chi connectivity index (χ3n) is 1.94. The fourth-order valence-corrected chi connectivity index (χ4v) is 0.954. The second-order valence-electron chi connectivity index (χ2n) is 2.83. The van der Waals surface area contributed by atoms with Crippen molar-refractivity contribution < 1.29 is 0 Å². The van der Waals surface area contributed by atoms with Crippen LogP contribution < -0.4 is 10.6 Å². The van der Waals surface area contributed by atoms with E-state index in [0.29, 0.717) is 5.69 Å². The largest absolute Gasteiger partial charge is 0.382 e. The molecule has 0 aliphatic rings. The first-order valence-electron chi connectivity index (χ1n) is 4.16. The third-order valence-corrected chi connectivity index (χ3v) is 1.94. The number of nitrogen functional groups attached to an aromatic ring is 1. The van der Waals surface area contributed by atoms with Crippen LogP contribution in [-0.4, -0.2) is 24.4 Å². The molecule has 0 spiro atoms. The van der Waals surface area contributed by atoms with Crippen LogP contribution in [0.25, 0.3) is 0 Å². The number of nitrogens with two attached hydrogens (primary N) is 1. The molecule has 0 fully saturated rings. The minimum absolute atomic E-state index is 0.00528. The minimum Gasteiger partial charge on any atom is -0.382 e. The quantitative estimate of drug-likeness (QED) is 0.532. The Morgan fingerprint density at radius 1 is 1.62 bits per heavy atom. The Kier molecular flexibility index (Phi) is 2.84. The van der Waals surface area contributed by atoms with Crippen LogP contribution in [0.3, 0.4) is 0 Å². The number of pyridine rings is 1. The molecule has 0 radical (unpaired) electrons. The molecule has 13 heavy (non-hydrogen) atoms. The average Bonchev–Trinajstić information content (AvgIpc) is 2.17. The van der Waals surface area contributed by atoms with Crippen LogP contribution in [-0.2, 0) is 0 Å². The standard InChI is InChI=1S/C9H14N4/c1-3-13(2)7-4-5-8(9(10)11)12-6-7/h4-6H,3H2,1-2H3,(H3,10,11). The summed E-state index contributed by atoms with van der Waals surface area (Å²) in [5, 5.41) is 7.16. The minimum atomic E-state index is 0.00528. The van der Waals surface area contributed by atoms with Gasteiger partial charge in [-0.15, -0.1) is 0 Å². The summed E-state index contributed by atoms with van der Waals surface area (Å²) in [6, 6.07) is 3.66. The van der Waals surface area contributed by atoms with Gasteiger partial charge in [-0.25, -0.2) is 0 Å². The van der Waals surface area contributed by atoms with E-state index in [-0.39, 0.29) is 5.84 Å². The Morgan fingerprint density at radius 2 is 2.31 bits per heavy atom. The molecule has 0 aromatic carbocycles. The topological polar surface area (TPSA) is 66.0 Å². The second-order valence-corrected chi connectivity index (χ2v) is 2.83. The third kappa shape index (κ3) is 2.18. The summed E-state index contributed by atoms with van der Waals surface area (Å²) in [4.78, 5) is 6.12. The maximum Gasteiger partial charge on any atom is 0.141 e. The van der Waals surface area contributed by atoms with E-state index in [4.69, 9.17) is 11.1 Å². The van der Waals surface area contributed by atoms with E-state index in [1.165, 1.54) is 0 Å². The van der Waals surface area contributed by atoms with E-state index in [2.05, 4.69) is 16.8 Å². The molecule has 0 atom stereocenters. The maximum absolute atomic E-state index is 7.16. The van der Waals surface area contributed by atoms with Crippen molar-refractivity contribution >= 4 is 11.5 Å². The van der Waals surface area contributed by atoms with Gasteiger partial charge < -0.3 is 10.6 Å². The fraction of sp³-hybridized carbons (Fsp3) is 0.333. The number of amidine groups is 1. The smallest absolute Gasteiger partial charge is 0.141 e. The number of hydrogen-bond donors (Lipinski definition) is 2. The van der Waals surface area contributed by atoms with Crippen molar-refractivity contribution in [2.75, 3.05) is 18.5 Å². The first-order valence-corrected chi connectivity index (χ1v) is 4.16. The zero-order valence-electron chi connectivity index (χ0n) is 7.91. The Bertz CT molecular complexity index is 291. The summed E-state index contributed by atoms with van der Waals surface area (Å²) in [7, 11) is 1.99. The summed E-state index contributed by atoms with van der Waals surface area (Å²) in [6.07, 6.45) is 1.72. The molecule has 0 amide bonds. The Morgan fingerprint density at radius 3 is 2.69 bits per heavy atom. The van der Waals surface area contributed by atoms with Gasteiger partial charge in [0.25, 0.3) is 0 Å². The molecule has 4 nitrogen and oxygen atoms in total. The van der Waals surface area contributed by atoms with Gasteiger partial charge in [0.1, 0.15) is 11.5 Å². The van der Waals surface area contributed by atoms with E-state index in [1.807, 2.05) is 13.1 Å². The molecule has 1 rings (SSSR count). The van der Waals surface area contributed by atoms with E-state index in [9.17, 15) is 0 Å². The molecule has 4 heteroatoms. The van der Waals surface area contributed by atoms with Crippen LogP contribution in [0.2, 0.25) is 0 Å². The molecule has 70 valence electrons. The predicted molar refractivity (Wildman–Crippen MR) is 54.2 cm³/mol. The van der Waals surface area contributed by atoms with Gasteiger partial charge in [0, 0.05) is 13.6 Å². The molecule has 0 unspecified atom stereocenters. The highest BCUT2D eigenvalue weighted by Crippen LogP contribution is 2.09. The lowest BCUT2D eigenvalue weighted by molar-refractivity contribution is 0.960. The van der Waals surface area contributed by atoms with E-state index >= 15 is 0 Å². The lowest BCUT2D eigenvalue weighted by atomic mass is 10.3. The summed E-state index contributed by atoms with van der Waals surface area (Å²) in [6.45, 7) is 3.00. The summed E-state index contributed by atoms with van der Waals surface area (Å²) in [5.74, 6) is 0.00528. The molecule has 0 bridgehead atoms. The lowest BCUT2D eigenvalue weighted by Crippen LogP contribution is -2.17. The highest BCUT2D eigenvalue weighted by molar-refractivity contribution is 5.93. The number of rotatable bonds is 3. The van der Waals surface area contributed by atoms with E-state index < -0.39 is 0 Å². The first-order chi connectivity index (χ1) is 6.15. The molecule has 0 aliphatic carbocycles. The zero-order chi connectivity index (χ0) is 9.84. The van der Waals surface area contributed by atoms with Crippen LogP contribution >= 0.6 is 0 Å². The second kappa shape index (κ2) is 3.89. The van der Waals surface area contributed by atoms with Crippen LogP contribution in [0.5, 0.6) is 0 Å². The van der Waals surface area contributed by atoms with Crippen molar-refractivity contribution in [3.8, 4) is 0 Å². The number of aromatic nitrogens is 1. The molecule has 0 saturated heterocycles. The SMILES string of the molecule is CCN(C)c1ccc(C(=N)N)nc1. The molecule has 1 aromatic rings.